The Labute approximate surface area is 143 Å². The van der Waals surface area contributed by atoms with E-state index < -0.39 is 17.1 Å². The highest BCUT2D eigenvalue weighted by atomic mass is 35.5. The van der Waals surface area contributed by atoms with E-state index >= 15 is 0 Å². The maximum Gasteiger partial charge on any atom is 0.400 e. The molecule has 3 rings (SSSR count). The number of ether oxygens (including phenoxy) is 1. The molecule has 0 fully saturated rings. The first-order valence-corrected chi connectivity index (χ1v) is 7.14. The summed E-state index contributed by atoms with van der Waals surface area (Å²) >= 11 is 10.7. The summed E-state index contributed by atoms with van der Waals surface area (Å²) in [5, 5.41) is -0.255. The lowest BCUT2D eigenvalue weighted by molar-refractivity contribution is 0.0551. The first-order chi connectivity index (χ1) is 11.3. The summed E-state index contributed by atoms with van der Waals surface area (Å²) in [5.74, 6) is -1.23. The third-order valence-corrected chi connectivity index (χ3v) is 3.27. The van der Waals surface area contributed by atoms with Crippen molar-refractivity contribution in [3.8, 4) is 22.9 Å². The minimum atomic E-state index is -3.76. The van der Waals surface area contributed by atoms with Crippen molar-refractivity contribution in [2.75, 3.05) is 0 Å². The topological polar surface area (TPSA) is 48.2 Å². The molecule has 0 spiro atoms. The second-order valence-corrected chi connectivity index (χ2v) is 5.42. The van der Waals surface area contributed by atoms with Gasteiger partial charge in [-0.1, -0.05) is 22.8 Å². The van der Waals surface area contributed by atoms with Crippen LogP contribution in [0.1, 0.15) is 5.89 Å². The van der Waals surface area contributed by atoms with Gasteiger partial charge in [0.15, 0.2) is 0 Å². The van der Waals surface area contributed by atoms with Gasteiger partial charge in [0.2, 0.25) is 5.82 Å². The second-order valence-electron chi connectivity index (χ2n) is 4.54. The summed E-state index contributed by atoms with van der Waals surface area (Å²) in [7, 11) is 0. The Morgan fingerprint density at radius 2 is 2.00 bits per heavy atom. The third kappa shape index (κ3) is 3.63. The molecule has 0 saturated heterocycles. The molecule has 24 heavy (non-hydrogen) atoms. The molecule has 0 N–H and O–H groups in total. The van der Waals surface area contributed by atoms with E-state index in [1.54, 1.807) is 0 Å². The predicted molar refractivity (Wildman–Crippen MR) is 79.8 cm³/mol. The van der Waals surface area contributed by atoms with Crippen LogP contribution in [0.25, 0.3) is 11.4 Å². The molecule has 3 aromatic rings. The highest BCUT2D eigenvalue weighted by Crippen LogP contribution is 2.34. The standard InChI is InChI=1S/C15H6Cl2F3N2O2/c16-11-7-9(18)4-5-12(11)23-10-3-1-2-8(6-10)13-21-14(24-22-13)15(17,19)20/h1-2,4-7H. The van der Waals surface area contributed by atoms with Crippen molar-refractivity contribution in [1.82, 2.24) is 10.1 Å². The monoisotopic (exact) mass is 373 g/mol. The van der Waals surface area contributed by atoms with E-state index in [1.807, 2.05) is 0 Å². The molecular formula is C15H6Cl2F3N2O2. The number of rotatable bonds is 4. The van der Waals surface area contributed by atoms with Crippen LogP contribution in [0, 0.1) is 11.9 Å². The Balaban J connectivity index is 1.88. The smallest absolute Gasteiger partial charge is 0.400 e. The predicted octanol–water partition coefficient (Wildman–Crippen LogP) is 5.41. The van der Waals surface area contributed by atoms with E-state index in [2.05, 4.69) is 20.7 Å². The molecule has 1 aromatic heterocycles. The van der Waals surface area contributed by atoms with Crippen LogP contribution in [-0.4, -0.2) is 10.1 Å². The Kier molecular flexibility index (Phi) is 4.38. The molecule has 4 nitrogen and oxygen atoms in total. The van der Waals surface area contributed by atoms with Crippen molar-refractivity contribution in [3.63, 3.8) is 0 Å². The van der Waals surface area contributed by atoms with Gasteiger partial charge in [-0.25, -0.2) is 4.39 Å². The zero-order valence-electron chi connectivity index (χ0n) is 11.6. The highest BCUT2D eigenvalue weighted by molar-refractivity contribution is 6.32. The van der Waals surface area contributed by atoms with Gasteiger partial charge in [-0.15, -0.1) is 0 Å². The summed E-state index contributed by atoms with van der Waals surface area (Å²) in [6.45, 7) is 0. The van der Waals surface area contributed by atoms with Crippen LogP contribution in [0.2, 0.25) is 5.02 Å². The molecule has 0 bridgehead atoms. The van der Waals surface area contributed by atoms with Gasteiger partial charge >= 0.3 is 11.3 Å². The van der Waals surface area contributed by atoms with Crippen molar-refractivity contribution < 1.29 is 22.4 Å². The fourth-order valence-electron chi connectivity index (χ4n) is 1.77. The van der Waals surface area contributed by atoms with Crippen LogP contribution in [-0.2, 0) is 5.38 Å². The molecule has 0 aliphatic carbocycles. The van der Waals surface area contributed by atoms with Crippen molar-refractivity contribution in [1.29, 1.82) is 0 Å². The molecule has 0 aliphatic heterocycles. The van der Waals surface area contributed by atoms with Crippen LogP contribution >= 0.6 is 23.2 Å². The van der Waals surface area contributed by atoms with Gasteiger partial charge in [0, 0.05) is 11.6 Å². The zero-order valence-corrected chi connectivity index (χ0v) is 13.1. The lowest BCUT2D eigenvalue weighted by atomic mass is 10.2. The third-order valence-electron chi connectivity index (χ3n) is 2.82. The van der Waals surface area contributed by atoms with Gasteiger partial charge < -0.3 is 9.26 Å². The summed E-state index contributed by atoms with van der Waals surface area (Å²) < 4.78 is 48.8. The largest absolute Gasteiger partial charge is 0.455 e. The number of nitrogens with zero attached hydrogens (tertiary/aromatic N) is 2. The van der Waals surface area contributed by atoms with Gasteiger partial charge in [-0.3, -0.25) is 0 Å². The first kappa shape index (κ1) is 16.6. The maximum absolute atomic E-state index is 13.0. The number of halogens is 5. The molecule has 0 amide bonds. The quantitative estimate of drug-likeness (QED) is 0.573. The van der Waals surface area contributed by atoms with Crippen molar-refractivity contribution >= 4 is 23.2 Å². The Hall–Kier alpha value is -2.25. The molecule has 9 heteroatoms. The number of benzene rings is 2. The summed E-state index contributed by atoms with van der Waals surface area (Å²) in [5.41, 5.74) is 0.331. The van der Waals surface area contributed by atoms with Crippen LogP contribution in [0.15, 0.2) is 40.9 Å². The van der Waals surface area contributed by atoms with Crippen LogP contribution in [0.3, 0.4) is 0 Å². The van der Waals surface area contributed by atoms with E-state index in [0.29, 0.717) is 5.56 Å². The van der Waals surface area contributed by atoms with Crippen LogP contribution < -0.4 is 4.74 Å². The summed E-state index contributed by atoms with van der Waals surface area (Å²) in [6, 6.07) is 10.8. The molecule has 0 atom stereocenters. The summed E-state index contributed by atoms with van der Waals surface area (Å²) in [4.78, 5) is 3.52. The van der Waals surface area contributed by atoms with E-state index in [-0.39, 0.29) is 22.3 Å². The molecule has 123 valence electrons. The molecular weight excluding hydrogens is 368 g/mol. The fraction of sp³-hybridized carbons (Fsp3) is 0.0667. The number of hydrogen-bond donors (Lipinski definition) is 0. The van der Waals surface area contributed by atoms with Gasteiger partial charge in [0.1, 0.15) is 17.3 Å². The Morgan fingerprint density at radius 3 is 2.67 bits per heavy atom. The Bertz CT molecular complexity index is 881. The second kappa shape index (κ2) is 6.33. The van der Waals surface area contributed by atoms with Gasteiger partial charge in [-0.05, 0) is 41.9 Å². The van der Waals surface area contributed by atoms with E-state index in [1.165, 1.54) is 30.3 Å². The van der Waals surface area contributed by atoms with E-state index in [0.717, 1.165) is 6.07 Å². The van der Waals surface area contributed by atoms with Crippen LogP contribution in [0.5, 0.6) is 11.5 Å². The first-order valence-electron chi connectivity index (χ1n) is 6.39. The fourth-order valence-corrected chi connectivity index (χ4v) is 2.06. The van der Waals surface area contributed by atoms with E-state index in [9.17, 15) is 13.2 Å². The highest BCUT2D eigenvalue weighted by Gasteiger charge is 2.35. The van der Waals surface area contributed by atoms with Gasteiger partial charge in [0.25, 0.3) is 0 Å². The number of hydrogen-bond acceptors (Lipinski definition) is 4. The SMILES string of the molecule is Fc1ccc(Oc2[c]ccc(-c3noc(C(F)(F)Cl)n3)c2)c(Cl)c1. The van der Waals surface area contributed by atoms with Crippen molar-refractivity contribution in [2.24, 2.45) is 0 Å². The van der Waals surface area contributed by atoms with Crippen molar-refractivity contribution in [2.45, 2.75) is 5.38 Å². The average Bonchev–Trinajstić information content (AvgIpc) is 3.01. The van der Waals surface area contributed by atoms with Gasteiger partial charge in [-0.2, -0.15) is 13.8 Å². The molecule has 1 radical (unpaired) electrons. The maximum atomic E-state index is 13.0. The minimum absolute atomic E-state index is 0.0671. The molecule has 2 aromatic carbocycles. The Morgan fingerprint density at radius 1 is 1.21 bits per heavy atom. The lowest BCUT2D eigenvalue weighted by Crippen LogP contribution is -2.03. The molecule has 1 heterocycles. The molecule has 0 aliphatic rings. The van der Waals surface area contributed by atoms with Crippen LogP contribution in [0.4, 0.5) is 13.2 Å². The lowest BCUT2D eigenvalue weighted by Gasteiger charge is -2.07. The van der Waals surface area contributed by atoms with Gasteiger partial charge in [0.05, 0.1) is 5.02 Å². The van der Waals surface area contributed by atoms with Crippen molar-refractivity contribution in [3.05, 3.63) is 59.2 Å². The summed E-state index contributed by atoms with van der Waals surface area (Å²) in [6.07, 6.45) is 0. The normalized spacial score (nSPS) is 11.5. The average molecular weight is 374 g/mol. The molecule has 0 unspecified atom stereocenters. The molecule has 0 saturated carbocycles. The van der Waals surface area contributed by atoms with E-state index in [4.69, 9.17) is 27.9 Å². The minimum Gasteiger partial charge on any atom is -0.455 e. The zero-order chi connectivity index (χ0) is 17.3. The number of aromatic nitrogens is 2. The number of alkyl halides is 3.